The number of hydrogen-bond acceptors (Lipinski definition) is 3. The zero-order chi connectivity index (χ0) is 6.97. The Morgan fingerprint density at radius 1 is 1.55 bits per heavy atom. The first-order valence-corrected chi connectivity index (χ1v) is 3.49. The topological polar surface area (TPSA) is 37.8 Å². The molecule has 60 valence electrons. The number of halogens is 2. The Balaban J connectivity index is 0.000000605. The molecule has 0 saturated heterocycles. The van der Waals surface area contributed by atoms with Crippen LogP contribution >= 0.6 is 24.0 Å². The Bertz CT molecular complexity index is 264. The minimum Gasteiger partial charge on any atom is -0.383 e. The Kier molecular flexibility index (Phi) is 2.52. The van der Waals surface area contributed by atoms with Crippen LogP contribution in [0.15, 0.2) is 6.20 Å². The molecular formula is C6H7Cl2N3. The fourth-order valence-corrected chi connectivity index (χ4v) is 1.34. The molecule has 0 spiro atoms. The molecule has 1 aliphatic rings. The second kappa shape index (κ2) is 3.24. The second-order valence-corrected chi connectivity index (χ2v) is 2.56. The van der Waals surface area contributed by atoms with Gasteiger partial charge in [0.2, 0.25) is 0 Å². The molecular weight excluding hydrogens is 185 g/mol. The highest BCUT2D eigenvalue weighted by Crippen LogP contribution is 2.25. The first kappa shape index (κ1) is 8.56. The van der Waals surface area contributed by atoms with Crippen molar-refractivity contribution in [3.05, 3.63) is 16.9 Å². The molecule has 0 bridgehead atoms. The second-order valence-electron chi connectivity index (χ2n) is 2.20. The van der Waals surface area contributed by atoms with E-state index in [1.165, 1.54) is 0 Å². The summed E-state index contributed by atoms with van der Waals surface area (Å²) >= 11 is 5.76. The van der Waals surface area contributed by atoms with Gasteiger partial charge in [0.1, 0.15) is 0 Å². The number of aromatic nitrogens is 2. The van der Waals surface area contributed by atoms with E-state index in [-0.39, 0.29) is 12.4 Å². The molecule has 2 heterocycles. The predicted molar refractivity (Wildman–Crippen MR) is 46.5 cm³/mol. The van der Waals surface area contributed by atoms with Crippen molar-refractivity contribution in [3.63, 3.8) is 0 Å². The number of anilines is 1. The van der Waals surface area contributed by atoms with Crippen molar-refractivity contribution in [3.8, 4) is 0 Å². The molecule has 11 heavy (non-hydrogen) atoms. The molecule has 0 unspecified atom stereocenters. The lowest BCUT2D eigenvalue weighted by atomic mass is 10.2. The predicted octanol–water partition coefficient (Wildman–Crippen LogP) is 1.52. The summed E-state index contributed by atoms with van der Waals surface area (Å²) in [7, 11) is 0. The van der Waals surface area contributed by atoms with Gasteiger partial charge >= 0.3 is 0 Å². The van der Waals surface area contributed by atoms with Crippen molar-refractivity contribution in [2.75, 3.05) is 11.9 Å². The molecule has 0 aliphatic carbocycles. The average molecular weight is 192 g/mol. The maximum atomic E-state index is 5.76. The Morgan fingerprint density at radius 3 is 3.09 bits per heavy atom. The molecule has 0 fully saturated rings. The van der Waals surface area contributed by atoms with E-state index in [1.54, 1.807) is 6.20 Å². The van der Waals surface area contributed by atoms with E-state index in [4.69, 9.17) is 11.6 Å². The third-order valence-electron chi connectivity index (χ3n) is 1.60. The van der Waals surface area contributed by atoms with Crippen LogP contribution in [0.25, 0.3) is 0 Å². The lowest BCUT2D eigenvalue weighted by molar-refractivity contribution is 1.01. The van der Waals surface area contributed by atoms with E-state index in [9.17, 15) is 0 Å². The Morgan fingerprint density at radius 2 is 2.36 bits per heavy atom. The molecule has 3 nitrogen and oxygen atoms in total. The molecule has 1 N–H and O–H groups in total. The van der Waals surface area contributed by atoms with E-state index in [1.807, 2.05) is 0 Å². The van der Waals surface area contributed by atoms with Crippen molar-refractivity contribution < 1.29 is 0 Å². The quantitative estimate of drug-likeness (QED) is 0.677. The lowest BCUT2D eigenvalue weighted by Crippen LogP contribution is -1.91. The van der Waals surface area contributed by atoms with Crippen molar-refractivity contribution in [1.29, 1.82) is 0 Å². The van der Waals surface area contributed by atoms with Crippen LogP contribution in [0.5, 0.6) is 0 Å². The summed E-state index contributed by atoms with van der Waals surface area (Å²) in [5.74, 6) is 0. The van der Waals surface area contributed by atoms with Gasteiger partial charge in [-0.25, -0.2) is 0 Å². The smallest absolute Gasteiger partial charge is 0.157 e. The zero-order valence-electron chi connectivity index (χ0n) is 5.67. The molecule has 0 amide bonds. The normalized spacial score (nSPS) is 13.2. The van der Waals surface area contributed by atoms with Gasteiger partial charge in [-0.15, -0.1) is 17.5 Å². The van der Waals surface area contributed by atoms with Crippen LogP contribution in [0.3, 0.4) is 0 Å². The minimum atomic E-state index is 0. The van der Waals surface area contributed by atoms with Gasteiger partial charge < -0.3 is 5.32 Å². The number of hydrogen-bond donors (Lipinski definition) is 1. The molecule has 1 aliphatic heterocycles. The number of nitrogens with zero attached hydrogens (tertiary/aromatic N) is 2. The van der Waals surface area contributed by atoms with Crippen LogP contribution in [0, 0.1) is 0 Å². The number of nitrogens with one attached hydrogen (secondary N) is 1. The summed E-state index contributed by atoms with van der Waals surface area (Å²) < 4.78 is 0. The highest BCUT2D eigenvalue weighted by Gasteiger charge is 2.13. The van der Waals surface area contributed by atoms with Gasteiger partial charge in [-0.3, -0.25) is 0 Å². The summed E-state index contributed by atoms with van der Waals surface area (Å²) in [6.45, 7) is 0.947. The first-order chi connectivity index (χ1) is 4.88. The van der Waals surface area contributed by atoms with Crippen LogP contribution in [0.2, 0.25) is 5.15 Å². The van der Waals surface area contributed by atoms with Gasteiger partial charge in [0.05, 0.1) is 11.9 Å². The number of fused-ring (bicyclic) bond motifs is 1. The fraction of sp³-hybridized carbons (Fsp3) is 0.333. The Labute approximate surface area is 75.6 Å². The van der Waals surface area contributed by atoms with Crippen molar-refractivity contribution in [1.82, 2.24) is 10.2 Å². The van der Waals surface area contributed by atoms with Gasteiger partial charge in [-0.05, 0) is 6.42 Å². The van der Waals surface area contributed by atoms with E-state index in [0.29, 0.717) is 5.15 Å². The standard InChI is InChI=1S/C6H6ClN3.ClH/c7-6-4-1-2-8-5(4)3-9-10-6;/h3,8H,1-2H2;1H. The maximum Gasteiger partial charge on any atom is 0.157 e. The van der Waals surface area contributed by atoms with E-state index in [0.717, 1.165) is 24.2 Å². The van der Waals surface area contributed by atoms with Crippen molar-refractivity contribution >= 4 is 29.7 Å². The molecule has 1 aromatic rings. The van der Waals surface area contributed by atoms with Crippen LogP contribution in [0.4, 0.5) is 5.69 Å². The SMILES string of the molecule is Cl.Clc1nncc2c1CCN2. The van der Waals surface area contributed by atoms with Gasteiger partial charge in [-0.1, -0.05) is 11.6 Å². The molecule has 0 aromatic carbocycles. The van der Waals surface area contributed by atoms with Crippen LogP contribution in [0.1, 0.15) is 5.56 Å². The van der Waals surface area contributed by atoms with Gasteiger partial charge in [-0.2, -0.15) is 5.10 Å². The van der Waals surface area contributed by atoms with Crippen molar-refractivity contribution in [2.24, 2.45) is 0 Å². The summed E-state index contributed by atoms with van der Waals surface area (Å²) in [6, 6.07) is 0. The van der Waals surface area contributed by atoms with E-state index < -0.39 is 0 Å². The van der Waals surface area contributed by atoms with Crippen molar-refractivity contribution in [2.45, 2.75) is 6.42 Å². The maximum absolute atomic E-state index is 5.76. The first-order valence-electron chi connectivity index (χ1n) is 3.12. The van der Waals surface area contributed by atoms with Gasteiger partial charge in [0, 0.05) is 12.1 Å². The molecule has 1 aromatic heterocycles. The molecule has 0 radical (unpaired) electrons. The molecule has 0 saturated carbocycles. The highest BCUT2D eigenvalue weighted by atomic mass is 35.5. The summed E-state index contributed by atoms with van der Waals surface area (Å²) in [6.07, 6.45) is 2.66. The van der Waals surface area contributed by atoms with Gasteiger partial charge in [0.25, 0.3) is 0 Å². The average Bonchev–Trinajstić information content (AvgIpc) is 2.36. The van der Waals surface area contributed by atoms with Crippen LogP contribution in [-0.4, -0.2) is 16.7 Å². The summed E-state index contributed by atoms with van der Waals surface area (Å²) in [5, 5.41) is 11.1. The monoisotopic (exact) mass is 191 g/mol. The molecule has 5 heteroatoms. The lowest BCUT2D eigenvalue weighted by Gasteiger charge is -1.96. The largest absolute Gasteiger partial charge is 0.383 e. The highest BCUT2D eigenvalue weighted by molar-refractivity contribution is 6.30. The van der Waals surface area contributed by atoms with E-state index in [2.05, 4.69) is 15.5 Å². The van der Waals surface area contributed by atoms with Gasteiger partial charge in [0.15, 0.2) is 5.15 Å². The fourth-order valence-electron chi connectivity index (χ4n) is 1.10. The van der Waals surface area contributed by atoms with Crippen LogP contribution < -0.4 is 5.32 Å². The minimum absolute atomic E-state index is 0. The Hall–Kier alpha value is -0.540. The molecule has 0 atom stereocenters. The number of rotatable bonds is 0. The third-order valence-corrected chi connectivity index (χ3v) is 1.90. The van der Waals surface area contributed by atoms with Crippen LogP contribution in [-0.2, 0) is 6.42 Å². The van der Waals surface area contributed by atoms with E-state index >= 15 is 0 Å². The zero-order valence-corrected chi connectivity index (χ0v) is 7.24. The molecule has 2 rings (SSSR count). The summed E-state index contributed by atoms with van der Waals surface area (Å²) in [4.78, 5) is 0. The third kappa shape index (κ3) is 1.39. The summed E-state index contributed by atoms with van der Waals surface area (Å²) in [5.41, 5.74) is 2.12.